The Bertz CT molecular complexity index is 360. The van der Waals surface area contributed by atoms with Gasteiger partial charge in [-0.1, -0.05) is 0 Å². The summed E-state index contributed by atoms with van der Waals surface area (Å²) < 4.78 is 17.6. The van der Waals surface area contributed by atoms with E-state index in [2.05, 4.69) is 0 Å². The van der Waals surface area contributed by atoms with Crippen LogP contribution in [0.1, 0.15) is 10.4 Å². The van der Waals surface area contributed by atoms with E-state index in [4.69, 9.17) is 9.84 Å². The van der Waals surface area contributed by atoms with Gasteiger partial charge in [0.15, 0.2) is 18.2 Å². The van der Waals surface area contributed by atoms with Gasteiger partial charge in [0, 0.05) is 6.07 Å². The first-order valence-electron chi connectivity index (χ1n) is 3.37. The summed E-state index contributed by atoms with van der Waals surface area (Å²) in [5.41, 5.74) is 0.118. The average Bonchev–Trinajstić information content (AvgIpc) is 2.33. The number of phenols is 1. The Morgan fingerprint density at radius 3 is 3.00 bits per heavy atom. The van der Waals surface area contributed by atoms with Crippen LogP contribution in [0, 0.1) is 5.82 Å². The van der Waals surface area contributed by atoms with Gasteiger partial charge >= 0.3 is 0 Å². The lowest BCUT2D eigenvalue weighted by atomic mass is 10.1. The van der Waals surface area contributed by atoms with Crippen molar-refractivity contribution in [3.63, 3.8) is 0 Å². The molecule has 62 valence electrons. The highest BCUT2D eigenvalue weighted by molar-refractivity contribution is 6.02. The number of Topliss-reactive ketones (excluding diaryl/α,β-unsaturated/α-hetero) is 1. The van der Waals surface area contributed by atoms with Crippen molar-refractivity contribution in [1.29, 1.82) is 0 Å². The van der Waals surface area contributed by atoms with Crippen molar-refractivity contribution in [1.82, 2.24) is 0 Å². The molecule has 2 rings (SSSR count). The summed E-state index contributed by atoms with van der Waals surface area (Å²) in [6.07, 6.45) is 0. The van der Waals surface area contributed by atoms with Gasteiger partial charge in [-0.2, -0.15) is 0 Å². The minimum absolute atomic E-state index is 0.0576. The summed E-state index contributed by atoms with van der Waals surface area (Å²) >= 11 is 0. The zero-order valence-electron chi connectivity index (χ0n) is 6.00. The van der Waals surface area contributed by atoms with E-state index in [1.807, 2.05) is 0 Å². The maximum absolute atomic E-state index is 12.9. The lowest BCUT2D eigenvalue weighted by Gasteiger charge is -1.98. The van der Waals surface area contributed by atoms with Gasteiger partial charge in [-0.25, -0.2) is 4.39 Å². The molecule has 0 saturated carbocycles. The number of rotatable bonds is 0. The molecular weight excluding hydrogens is 163 g/mol. The molecule has 0 unspecified atom stereocenters. The standard InChI is InChI=1S/C8H5FO3/c9-6-2-4(10)1-5-7(11)3-12-8(5)6/h1-2,10H,3H2. The lowest BCUT2D eigenvalue weighted by molar-refractivity contribution is 0.0960. The smallest absolute Gasteiger partial charge is 0.204 e. The van der Waals surface area contributed by atoms with E-state index in [1.54, 1.807) is 0 Å². The van der Waals surface area contributed by atoms with Crippen LogP contribution in [0.15, 0.2) is 12.1 Å². The van der Waals surface area contributed by atoms with Gasteiger partial charge < -0.3 is 9.84 Å². The summed E-state index contributed by atoms with van der Waals surface area (Å²) in [6, 6.07) is 2.12. The largest absolute Gasteiger partial charge is 0.508 e. The number of benzene rings is 1. The molecule has 0 atom stereocenters. The Labute approximate surface area is 67.4 Å². The van der Waals surface area contributed by atoms with Crippen molar-refractivity contribution < 1.29 is 19.0 Å². The van der Waals surface area contributed by atoms with Crippen molar-refractivity contribution in [2.24, 2.45) is 0 Å². The van der Waals surface area contributed by atoms with Crippen LogP contribution in [0.4, 0.5) is 4.39 Å². The number of carbonyl (C=O) groups excluding carboxylic acids is 1. The molecule has 0 fully saturated rings. The third kappa shape index (κ3) is 0.845. The molecule has 1 aromatic carbocycles. The number of hydrogen-bond acceptors (Lipinski definition) is 3. The second-order valence-corrected chi connectivity index (χ2v) is 2.52. The zero-order valence-corrected chi connectivity index (χ0v) is 6.00. The molecule has 4 heteroatoms. The van der Waals surface area contributed by atoms with Crippen LogP contribution < -0.4 is 4.74 Å². The molecule has 0 bridgehead atoms. The maximum Gasteiger partial charge on any atom is 0.204 e. The van der Waals surface area contributed by atoms with Crippen molar-refractivity contribution in [2.75, 3.05) is 6.61 Å². The number of hydrogen-bond donors (Lipinski definition) is 1. The first kappa shape index (κ1) is 7.09. The molecule has 1 N–H and O–H groups in total. The number of phenolic OH excluding ortho intramolecular Hbond substituents is 1. The molecule has 0 spiro atoms. The van der Waals surface area contributed by atoms with Crippen molar-refractivity contribution in [3.8, 4) is 11.5 Å². The zero-order chi connectivity index (χ0) is 8.72. The van der Waals surface area contributed by atoms with Crippen LogP contribution in [0.5, 0.6) is 11.5 Å². The quantitative estimate of drug-likeness (QED) is 0.631. The molecule has 1 aromatic rings. The fourth-order valence-electron chi connectivity index (χ4n) is 1.15. The Morgan fingerprint density at radius 1 is 1.50 bits per heavy atom. The highest BCUT2D eigenvalue weighted by atomic mass is 19.1. The summed E-state index contributed by atoms with van der Waals surface area (Å²) in [5, 5.41) is 8.95. The fraction of sp³-hybridized carbons (Fsp3) is 0.125. The second kappa shape index (κ2) is 2.20. The van der Waals surface area contributed by atoms with E-state index in [0.29, 0.717) is 0 Å². The molecule has 0 aromatic heterocycles. The Balaban J connectivity index is 2.68. The van der Waals surface area contributed by atoms with E-state index in [1.165, 1.54) is 6.07 Å². The summed E-state index contributed by atoms with van der Waals surface area (Å²) in [7, 11) is 0. The minimum Gasteiger partial charge on any atom is -0.508 e. The van der Waals surface area contributed by atoms with Gasteiger partial charge in [0.25, 0.3) is 0 Å². The minimum atomic E-state index is -0.698. The van der Waals surface area contributed by atoms with E-state index in [0.717, 1.165) is 6.07 Å². The second-order valence-electron chi connectivity index (χ2n) is 2.52. The van der Waals surface area contributed by atoms with Gasteiger partial charge in [0.2, 0.25) is 5.78 Å². The molecule has 0 radical (unpaired) electrons. The molecule has 3 nitrogen and oxygen atoms in total. The molecular formula is C8H5FO3. The lowest BCUT2D eigenvalue weighted by Crippen LogP contribution is -1.98. The first-order valence-corrected chi connectivity index (χ1v) is 3.37. The molecule has 0 aliphatic carbocycles. The normalized spacial score (nSPS) is 14.2. The van der Waals surface area contributed by atoms with Gasteiger partial charge in [0.1, 0.15) is 5.75 Å². The molecule has 0 saturated heterocycles. The highest BCUT2D eigenvalue weighted by Crippen LogP contribution is 2.31. The maximum atomic E-state index is 12.9. The van der Waals surface area contributed by atoms with E-state index < -0.39 is 5.82 Å². The van der Waals surface area contributed by atoms with E-state index >= 15 is 0 Å². The first-order chi connectivity index (χ1) is 5.68. The monoisotopic (exact) mass is 168 g/mol. The fourth-order valence-corrected chi connectivity index (χ4v) is 1.15. The van der Waals surface area contributed by atoms with Crippen LogP contribution in [-0.4, -0.2) is 17.5 Å². The van der Waals surface area contributed by atoms with Gasteiger partial charge in [-0.15, -0.1) is 0 Å². The van der Waals surface area contributed by atoms with Crippen LogP contribution in [0.3, 0.4) is 0 Å². The van der Waals surface area contributed by atoms with Crippen LogP contribution in [0.25, 0.3) is 0 Å². The number of ketones is 1. The van der Waals surface area contributed by atoms with Gasteiger partial charge in [-0.05, 0) is 6.07 Å². The molecule has 12 heavy (non-hydrogen) atoms. The van der Waals surface area contributed by atoms with Gasteiger partial charge in [0.05, 0.1) is 5.56 Å². The topological polar surface area (TPSA) is 46.5 Å². The predicted molar refractivity (Wildman–Crippen MR) is 37.9 cm³/mol. The summed E-state index contributed by atoms with van der Waals surface area (Å²) in [6.45, 7) is -0.143. The average molecular weight is 168 g/mol. The number of halogens is 1. The van der Waals surface area contributed by atoms with Crippen LogP contribution >= 0.6 is 0 Å². The summed E-state index contributed by atoms with van der Waals surface area (Å²) in [5.74, 6) is -1.32. The third-order valence-corrected chi connectivity index (χ3v) is 1.68. The molecule has 1 heterocycles. The molecule has 0 amide bonds. The summed E-state index contributed by atoms with van der Waals surface area (Å²) in [4.78, 5) is 11.0. The Hall–Kier alpha value is -1.58. The number of carbonyl (C=O) groups is 1. The Kier molecular flexibility index (Phi) is 1.30. The van der Waals surface area contributed by atoms with Crippen molar-refractivity contribution in [3.05, 3.63) is 23.5 Å². The van der Waals surface area contributed by atoms with Crippen molar-refractivity contribution >= 4 is 5.78 Å². The number of fused-ring (bicyclic) bond motifs is 1. The van der Waals surface area contributed by atoms with Crippen LogP contribution in [0.2, 0.25) is 0 Å². The van der Waals surface area contributed by atoms with Gasteiger partial charge in [-0.3, -0.25) is 4.79 Å². The highest BCUT2D eigenvalue weighted by Gasteiger charge is 2.25. The Morgan fingerprint density at radius 2 is 2.25 bits per heavy atom. The molecule has 1 aliphatic rings. The van der Waals surface area contributed by atoms with Crippen molar-refractivity contribution in [2.45, 2.75) is 0 Å². The number of ether oxygens (including phenoxy) is 1. The SMILES string of the molecule is O=C1COc2c(F)cc(O)cc21. The number of aromatic hydroxyl groups is 1. The van der Waals surface area contributed by atoms with E-state index in [9.17, 15) is 9.18 Å². The predicted octanol–water partition coefficient (Wildman–Crippen LogP) is 1.11. The molecule has 1 aliphatic heterocycles. The van der Waals surface area contributed by atoms with E-state index in [-0.39, 0.29) is 29.5 Å². The van der Waals surface area contributed by atoms with Crippen LogP contribution in [-0.2, 0) is 0 Å². The third-order valence-electron chi connectivity index (χ3n) is 1.68.